The molecule has 0 saturated heterocycles. The highest BCUT2D eigenvalue weighted by atomic mass is 31.2. The van der Waals surface area contributed by atoms with Crippen LogP contribution >= 0.6 is 7.82 Å². The first kappa shape index (κ1) is 52.5. The molecule has 0 fully saturated rings. The number of quaternary nitrogens is 1. The van der Waals surface area contributed by atoms with Gasteiger partial charge in [0.1, 0.15) is 19.8 Å². The summed E-state index contributed by atoms with van der Waals surface area (Å²) < 4.78 is 33.8. The van der Waals surface area contributed by atoms with Crippen molar-refractivity contribution in [3.8, 4) is 0 Å². The quantitative estimate of drug-likeness (QED) is 0.0198. The second-order valence-corrected chi connectivity index (χ2v) is 17.5. The number of carbonyl (C=O) groups excluding carboxylic acids is 2. The maximum Gasteiger partial charge on any atom is 0.306 e. The minimum Gasteiger partial charge on any atom is -0.756 e. The van der Waals surface area contributed by atoms with Gasteiger partial charge in [-0.25, -0.2) is 0 Å². The van der Waals surface area contributed by atoms with Crippen molar-refractivity contribution in [2.24, 2.45) is 0 Å². The van der Waals surface area contributed by atoms with E-state index in [0.29, 0.717) is 23.9 Å². The van der Waals surface area contributed by atoms with Crippen LogP contribution in [0.2, 0.25) is 0 Å². The monoisotopic (exact) mass is 786 g/mol. The summed E-state index contributed by atoms with van der Waals surface area (Å²) in [4.78, 5) is 37.5. The number of esters is 2. The zero-order valence-corrected chi connectivity index (χ0v) is 36.6. The third kappa shape index (κ3) is 40.2. The van der Waals surface area contributed by atoms with Crippen molar-refractivity contribution >= 4 is 19.8 Å². The predicted molar refractivity (Wildman–Crippen MR) is 222 cm³/mol. The molecule has 0 rings (SSSR count). The van der Waals surface area contributed by atoms with Gasteiger partial charge in [-0.05, 0) is 64.2 Å². The predicted octanol–water partition coefficient (Wildman–Crippen LogP) is 11.7. The molecule has 0 saturated carbocycles. The Morgan fingerprint density at radius 1 is 0.556 bits per heavy atom. The van der Waals surface area contributed by atoms with Gasteiger partial charge in [0.15, 0.2) is 6.10 Å². The van der Waals surface area contributed by atoms with Crippen LogP contribution < -0.4 is 4.89 Å². The fourth-order valence-electron chi connectivity index (χ4n) is 5.94. The summed E-state index contributed by atoms with van der Waals surface area (Å²) >= 11 is 0. The van der Waals surface area contributed by atoms with Gasteiger partial charge < -0.3 is 27.9 Å². The average molecular weight is 786 g/mol. The Labute approximate surface area is 332 Å². The van der Waals surface area contributed by atoms with Gasteiger partial charge >= 0.3 is 11.9 Å². The standard InChI is InChI=1S/C44H84NO8P/c1-6-8-10-12-14-16-18-20-22-24-26-28-30-32-34-36-43(46)50-40-42(41-52-54(48,49)51-39-38-45(3,4)5)53-44(47)37-35-33-31-29-27-25-23-21-19-17-15-13-11-9-7-2/h26-29,42H,6-25,30-41H2,1-5H3/t42-/m1/s1. The Hall–Kier alpha value is -1.51. The first-order chi connectivity index (χ1) is 26.0. The molecule has 0 aromatic rings. The van der Waals surface area contributed by atoms with Gasteiger partial charge in [0.05, 0.1) is 27.7 Å². The van der Waals surface area contributed by atoms with Crippen LogP contribution in [0.25, 0.3) is 0 Å². The summed E-state index contributed by atoms with van der Waals surface area (Å²) in [5, 5.41) is 0. The van der Waals surface area contributed by atoms with Crippen molar-refractivity contribution in [1.29, 1.82) is 0 Å². The van der Waals surface area contributed by atoms with Gasteiger partial charge in [-0.1, -0.05) is 141 Å². The lowest BCUT2D eigenvalue weighted by Crippen LogP contribution is -2.37. The van der Waals surface area contributed by atoms with Gasteiger partial charge in [-0.3, -0.25) is 14.2 Å². The Balaban J connectivity index is 4.41. The maximum absolute atomic E-state index is 12.6. The van der Waals surface area contributed by atoms with Crippen LogP contribution in [0.4, 0.5) is 0 Å². The molecule has 318 valence electrons. The van der Waals surface area contributed by atoms with E-state index in [4.69, 9.17) is 18.5 Å². The van der Waals surface area contributed by atoms with E-state index in [1.165, 1.54) is 116 Å². The van der Waals surface area contributed by atoms with E-state index >= 15 is 0 Å². The molecule has 0 heterocycles. The van der Waals surface area contributed by atoms with Crippen LogP contribution in [0.1, 0.15) is 194 Å². The Morgan fingerprint density at radius 2 is 0.944 bits per heavy atom. The van der Waals surface area contributed by atoms with Crippen molar-refractivity contribution in [3.63, 3.8) is 0 Å². The van der Waals surface area contributed by atoms with Gasteiger partial charge in [-0.15, -0.1) is 0 Å². The van der Waals surface area contributed by atoms with Crippen LogP contribution in [-0.2, 0) is 32.7 Å². The van der Waals surface area contributed by atoms with E-state index in [-0.39, 0.29) is 26.1 Å². The molecule has 0 amide bonds. The number of ether oxygens (including phenoxy) is 2. The third-order valence-electron chi connectivity index (χ3n) is 9.44. The number of unbranched alkanes of at least 4 members (excludes halogenated alkanes) is 22. The molecule has 0 aliphatic heterocycles. The molecule has 10 heteroatoms. The Kier molecular flexibility index (Phi) is 36.1. The molecule has 2 atom stereocenters. The number of nitrogens with zero attached hydrogens (tertiary/aromatic N) is 1. The van der Waals surface area contributed by atoms with Crippen LogP contribution in [0, 0.1) is 0 Å². The summed E-state index contributed by atoms with van der Waals surface area (Å²) in [6.07, 6.45) is 39.2. The van der Waals surface area contributed by atoms with Crippen molar-refractivity contribution in [1.82, 2.24) is 0 Å². The highest BCUT2D eigenvalue weighted by Crippen LogP contribution is 2.38. The van der Waals surface area contributed by atoms with Crippen molar-refractivity contribution in [2.75, 3.05) is 47.5 Å². The molecule has 0 aliphatic carbocycles. The molecule has 0 aromatic carbocycles. The summed E-state index contributed by atoms with van der Waals surface area (Å²) in [5.74, 6) is -0.882. The van der Waals surface area contributed by atoms with Crippen molar-refractivity contribution in [3.05, 3.63) is 24.3 Å². The molecule has 1 unspecified atom stereocenters. The topological polar surface area (TPSA) is 111 Å². The van der Waals surface area contributed by atoms with Crippen molar-refractivity contribution in [2.45, 2.75) is 200 Å². The lowest BCUT2D eigenvalue weighted by molar-refractivity contribution is -0.870. The van der Waals surface area contributed by atoms with Gasteiger partial charge in [0, 0.05) is 12.8 Å². The van der Waals surface area contributed by atoms with Crippen LogP contribution in [-0.4, -0.2) is 70.0 Å². The minimum absolute atomic E-state index is 0.0359. The number of hydrogen-bond donors (Lipinski definition) is 0. The highest BCUT2D eigenvalue weighted by molar-refractivity contribution is 7.45. The number of hydrogen-bond acceptors (Lipinski definition) is 8. The zero-order chi connectivity index (χ0) is 40.0. The van der Waals surface area contributed by atoms with Gasteiger partial charge in [0.25, 0.3) is 7.82 Å². The van der Waals surface area contributed by atoms with Crippen molar-refractivity contribution < 1.29 is 42.1 Å². The molecule has 0 aromatic heterocycles. The van der Waals surface area contributed by atoms with Crippen LogP contribution in [0.3, 0.4) is 0 Å². The molecule has 0 bridgehead atoms. The molecule has 0 N–H and O–H groups in total. The largest absolute Gasteiger partial charge is 0.756 e. The van der Waals surface area contributed by atoms with Gasteiger partial charge in [0.2, 0.25) is 0 Å². The number of phosphoric acid groups is 1. The number of likely N-dealkylation sites (N-methyl/N-ethyl adjacent to an activating group) is 1. The molecule has 0 spiro atoms. The smallest absolute Gasteiger partial charge is 0.306 e. The first-order valence-electron chi connectivity index (χ1n) is 22.0. The SMILES string of the molecule is CCCCCCCCCCCC=CCCCCC(=O)OC[C@H](COP(=O)([O-])OCC[N+](C)(C)C)OC(=O)CCCCC=CCCCCCCCCCCC. The van der Waals surface area contributed by atoms with E-state index in [2.05, 4.69) is 38.2 Å². The molecule has 9 nitrogen and oxygen atoms in total. The molecule has 0 aliphatic rings. The number of carbonyl (C=O) groups is 2. The minimum atomic E-state index is -4.63. The third-order valence-corrected chi connectivity index (χ3v) is 10.4. The van der Waals surface area contributed by atoms with Crippen LogP contribution in [0.5, 0.6) is 0 Å². The zero-order valence-electron chi connectivity index (χ0n) is 35.7. The maximum atomic E-state index is 12.6. The lowest BCUT2D eigenvalue weighted by atomic mass is 10.1. The molecule has 0 radical (unpaired) electrons. The average Bonchev–Trinajstić information content (AvgIpc) is 3.12. The van der Waals surface area contributed by atoms with E-state index in [9.17, 15) is 19.0 Å². The molecule has 54 heavy (non-hydrogen) atoms. The van der Waals surface area contributed by atoms with E-state index in [1.807, 2.05) is 21.1 Å². The number of allylic oxidation sites excluding steroid dienone is 4. The summed E-state index contributed by atoms with van der Waals surface area (Å²) in [6, 6.07) is 0. The second-order valence-electron chi connectivity index (χ2n) is 16.1. The van der Waals surface area contributed by atoms with E-state index < -0.39 is 32.5 Å². The van der Waals surface area contributed by atoms with E-state index in [1.54, 1.807) is 0 Å². The fraction of sp³-hybridized carbons (Fsp3) is 0.864. The Morgan fingerprint density at radius 3 is 1.37 bits per heavy atom. The summed E-state index contributed by atoms with van der Waals surface area (Å²) in [6.45, 7) is 4.19. The normalized spacial score (nSPS) is 13.8. The lowest BCUT2D eigenvalue weighted by Gasteiger charge is -2.28. The second kappa shape index (κ2) is 37.1. The van der Waals surface area contributed by atoms with Gasteiger partial charge in [-0.2, -0.15) is 0 Å². The summed E-state index contributed by atoms with van der Waals surface area (Å²) in [7, 11) is 1.15. The first-order valence-corrected chi connectivity index (χ1v) is 23.5. The van der Waals surface area contributed by atoms with Crippen LogP contribution in [0.15, 0.2) is 24.3 Å². The summed E-state index contributed by atoms with van der Waals surface area (Å²) in [5.41, 5.74) is 0. The Bertz CT molecular complexity index is 980. The fourth-order valence-corrected chi connectivity index (χ4v) is 6.67. The molecular formula is C44H84NO8P. The molecular weight excluding hydrogens is 701 g/mol. The number of rotatable bonds is 40. The van der Waals surface area contributed by atoms with E-state index in [0.717, 1.165) is 38.5 Å². The number of phosphoric ester groups is 1. The highest BCUT2D eigenvalue weighted by Gasteiger charge is 2.21.